The van der Waals surface area contributed by atoms with Gasteiger partial charge in [0.15, 0.2) is 0 Å². The molecule has 2 rings (SSSR count). The maximum absolute atomic E-state index is 5.70. The van der Waals surface area contributed by atoms with Gasteiger partial charge in [0.05, 0.1) is 16.8 Å². The number of nitrogens with two attached hydrogens (primary N) is 1. The highest BCUT2D eigenvalue weighted by Gasteiger charge is 2.24. The highest BCUT2D eigenvalue weighted by atomic mass is 32.2. The number of hydrogen-bond acceptors (Lipinski definition) is 4. The molecule has 0 aliphatic heterocycles. The van der Waals surface area contributed by atoms with Crippen LogP contribution < -0.4 is 10.5 Å². The van der Waals surface area contributed by atoms with Gasteiger partial charge in [0.1, 0.15) is 5.75 Å². The molecule has 1 aromatic heterocycles. The van der Waals surface area contributed by atoms with Gasteiger partial charge in [-0.15, -0.1) is 11.8 Å². The number of ether oxygens (including phenoxy) is 1. The molecule has 0 saturated heterocycles. The van der Waals surface area contributed by atoms with Crippen molar-refractivity contribution in [3.63, 3.8) is 0 Å². The van der Waals surface area contributed by atoms with Crippen LogP contribution in [0.15, 0.2) is 17.2 Å². The van der Waals surface area contributed by atoms with Crippen molar-refractivity contribution >= 4 is 11.8 Å². The molecule has 76 valence electrons. The summed E-state index contributed by atoms with van der Waals surface area (Å²) in [6, 6.07) is 3.95. The molecule has 2 N–H and O–H groups in total. The number of nitrogens with zero attached hydrogens (tertiary/aromatic N) is 1. The number of pyridine rings is 1. The zero-order chi connectivity index (χ0) is 9.97. The first-order chi connectivity index (χ1) is 6.83. The molecule has 4 heteroatoms. The molecule has 0 atom stereocenters. The van der Waals surface area contributed by atoms with Crippen molar-refractivity contribution in [2.24, 2.45) is 5.73 Å². The first-order valence-electron chi connectivity index (χ1n) is 4.74. The lowest BCUT2D eigenvalue weighted by atomic mass is 10.3. The molecule has 0 radical (unpaired) electrons. The van der Waals surface area contributed by atoms with Gasteiger partial charge in [-0.05, 0) is 31.2 Å². The van der Waals surface area contributed by atoms with Crippen LogP contribution in [-0.4, -0.2) is 17.3 Å². The molecule has 0 spiro atoms. The van der Waals surface area contributed by atoms with Crippen molar-refractivity contribution in [3.05, 3.63) is 17.8 Å². The fraction of sp³-hybridized carbons (Fsp3) is 0.500. The van der Waals surface area contributed by atoms with Crippen LogP contribution in [0.4, 0.5) is 0 Å². The average molecular weight is 210 g/mol. The third-order valence-corrected chi connectivity index (χ3v) is 2.77. The van der Waals surface area contributed by atoms with E-state index in [1.807, 2.05) is 18.4 Å². The van der Waals surface area contributed by atoms with E-state index in [1.165, 1.54) is 0 Å². The van der Waals surface area contributed by atoms with Crippen molar-refractivity contribution in [3.8, 4) is 5.75 Å². The summed E-state index contributed by atoms with van der Waals surface area (Å²) in [5.41, 5.74) is 6.48. The standard InChI is InChI=1S/C10H14N2OS/c1-14-10-5-4-9(8(6-11)12-10)13-7-2-3-7/h4-5,7H,2-3,6,11H2,1H3. The van der Waals surface area contributed by atoms with Crippen LogP contribution >= 0.6 is 11.8 Å². The summed E-state index contributed by atoms with van der Waals surface area (Å²) < 4.78 is 5.70. The summed E-state index contributed by atoms with van der Waals surface area (Å²) >= 11 is 1.62. The van der Waals surface area contributed by atoms with Gasteiger partial charge in [0.25, 0.3) is 0 Å². The second kappa shape index (κ2) is 4.19. The van der Waals surface area contributed by atoms with Gasteiger partial charge in [0.2, 0.25) is 0 Å². The Bertz CT molecular complexity index is 326. The molecule has 0 unspecified atom stereocenters. The third-order valence-electron chi connectivity index (χ3n) is 2.13. The van der Waals surface area contributed by atoms with Crippen LogP contribution in [0, 0.1) is 0 Å². The van der Waals surface area contributed by atoms with E-state index in [-0.39, 0.29) is 0 Å². The molecule has 1 heterocycles. The topological polar surface area (TPSA) is 48.1 Å². The maximum Gasteiger partial charge on any atom is 0.142 e. The minimum absolute atomic E-state index is 0.405. The SMILES string of the molecule is CSc1ccc(OC2CC2)c(CN)n1. The Morgan fingerprint density at radius 1 is 1.57 bits per heavy atom. The predicted octanol–water partition coefficient (Wildman–Crippen LogP) is 1.80. The van der Waals surface area contributed by atoms with Crippen molar-refractivity contribution in [1.82, 2.24) is 4.98 Å². The first-order valence-corrected chi connectivity index (χ1v) is 5.96. The molecule has 0 aromatic carbocycles. The summed E-state index contributed by atoms with van der Waals surface area (Å²) in [6.07, 6.45) is 4.73. The summed E-state index contributed by atoms with van der Waals surface area (Å²) in [4.78, 5) is 4.40. The molecule has 1 aliphatic carbocycles. The fourth-order valence-electron chi connectivity index (χ4n) is 1.20. The van der Waals surface area contributed by atoms with E-state index < -0.39 is 0 Å². The number of thioether (sulfide) groups is 1. The quantitative estimate of drug-likeness (QED) is 0.770. The molecule has 1 saturated carbocycles. The molecular formula is C10H14N2OS. The van der Waals surface area contributed by atoms with Gasteiger partial charge in [-0.2, -0.15) is 0 Å². The van der Waals surface area contributed by atoms with Crippen LogP contribution in [0.5, 0.6) is 5.75 Å². The monoisotopic (exact) mass is 210 g/mol. The zero-order valence-corrected chi connectivity index (χ0v) is 9.01. The van der Waals surface area contributed by atoms with Crippen molar-refractivity contribution in [2.75, 3.05) is 6.26 Å². The molecule has 1 aromatic rings. The molecular weight excluding hydrogens is 196 g/mol. The lowest BCUT2D eigenvalue weighted by molar-refractivity contribution is 0.298. The highest BCUT2D eigenvalue weighted by Crippen LogP contribution is 2.29. The van der Waals surface area contributed by atoms with Crippen LogP contribution in [0.3, 0.4) is 0 Å². The van der Waals surface area contributed by atoms with Crippen molar-refractivity contribution in [1.29, 1.82) is 0 Å². The van der Waals surface area contributed by atoms with Gasteiger partial charge in [-0.1, -0.05) is 0 Å². The summed E-state index contributed by atoms with van der Waals surface area (Å²) in [5, 5.41) is 0.994. The normalized spacial score (nSPS) is 15.6. The van der Waals surface area contributed by atoms with E-state index in [1.54, 1.807) is 11.8 Å². The molecule has 3 nitrogen and oxygen atoms in total. The number of aromatic nitrogens is 1. The lowest BCUT2D eigenvalue weighted by Crippen LogP contribution is -2.06. The van der Waals surface area contributed by atoms with Gasteiger partial charge >= 0.3 is 0 Å². The first kappa shape index (κ1) is 9.80. The Morgan fingerprint density at radius 3 is 2.93 bits per heavy atom. The van der Waals surface area contributed by atoms with E-state index in [9.17, 15) is 0 Å². The van der Waals surface area contributed by atoms with E-state index in [0.29, 0.717) is 12.6 Å². The summed E-state index contributed by atoms with van der Waals surface area (Å²) in [5.74, 6) is 0.854. The van der Waals surface area contributed by atoms with Crippen molar-refractivity contribution < 1.29 is 4.74 Å². The van der Waals surface area contributed by atoms with Crippen molar-refractivity contribution in [2.45, 2.75) is 30.5 Å². The second-order valence-corrected chi connectivity index (χ2v) is 4.15. The van der Waals surface area contributed by atoms with E-state index >= 15 is 0 Å². The zero-order valence-electron chi connectivity index (χ0n) is 8.19. The Labute approximate surface area is 88.0 Å². The van der Waals surface area contributed by atoms with E-state index in [4.69, 9.17) is 10.5 Å². The molecule has 1 aliphatic rings. The lowest BCUT2D eigenvalue weighted by Gasteiger charge is -2.09. The molecule has 0 bridgehead atoms. The molecule has 0 amide bonds. The van der Waals surface area contributed by atoms with Crippen LogP contribution in [-0.2, 0) is 6.54 Å². The summed E-state index contributed by atoms with van der Waals surface area (Å²) in [7, 11) is 0. The highest BCUT2D eigenvalue weighted by molar-refractivity contribution is 7.98. The maximum atomic E-state index is 5.70. The van der Waals surface area contributed by atoms with E-state index in [2.05, 4.69) is 4.98 Å². The van der Waals surface area contributed by atoms with Crippen LogP contribution in [0.2, 0.25) is 0 Å². The molecule has 14 heavy (non-hydrogen) atoms. The minimum Gasteiger partial charge on any atom is -0.488 e. The Balaban J connectivity index is 2.19. The smallest absolute Gasteiger partial charge is 0.142 e. The van der Waals surface area contributed by atoms with Gasteiger partial charge in [0, 0.05) is 6.54 Å². The second-order valence-electron chi connectivity index (χ2n) is 3.32. The average Bonchev–Trinajstić information content (AvgIpc) is 3.02. The van der Waals surface area contributed by atoms with Gasteiger partial charge in [-0.3, -0.25) is 0 Å². The third kappa shape index (κ3) is 2.19. The fourth-order valence-corrected chi connectivity index (χ4v) is 1.61. The Kier molecular flexibility index (Phi) is 2.93. The Hall–Kier alpha value is -0.740. The van der Waals surface area contributed by atoms with Crippen LogP contribution in [0.1, 0.15) is 18.5 Å². The summed E-state index contributed by atoms with van der Waals surface area (Å²) in [6.45, 7) is 0.441. The van der Waals surface area contributed by atoms with E-state index in [0.717, 1.165) is 29.3 Å². The Morgan fingerprint density at radius 2 is 2.36 bits per heavy atom. The van der Waals surface area contributed by atoms with Gasteiger partial charge < -0.3 is 10.5 Å². The van der Waals surface area contributed by atoms with Gasteiger partial charge in [-0.25, -0.2) is 4.98 Å². The predicted molar refractivity (Wildman–Crippen MR) is 57.6 cm³/mol. The number of rotatable bonds is 4. The number of hydrogen-bond donors (Lipinski definition) is 1. The van der Waals surface area contributed by atoms with Crippen LogP contribution in [0.25, 0.3) is 0 Å². The minimum atomic E-state index is 0.405. The molecule has 1 fully saturated rings. The largest absolute Gasteiger partial charge is 0.488 e.